The van der Waals surface area contributed by atoms with Crippen LogP contribution in [0.15, 0.2) is 47.1 Å². The van der Waals surface area contributed by atoms with Gasteiger partial charge in [0.25, 0.3) is 5.88 Å². The van der Waals surface area contributed by atoms with E-state index in [0.717, 1.165) is 48.4 Å². The second-order valence-corrected chi connectivity index (χ2v) is 7.27. The maximum Gasteiger partial charge on any atom is 0.258 e. The summed E-state index contributed by atoms with van der Waals surface area (Å²) in [5, 5.41) is 2.98. The molecule has 3 heterocycles. The Bertz CT molecular complexity index is 958. The maximum absolute atomic E-state index is 12.7. The fourth-order valence-corrected chi connectivity index (χ4v) is 3.59. The van der Waals surface area contributed by atoms with Crippen LogP contribution in [0.5, 0.6) is 5.88 Å². The van der Waals surface area contributed by atoms with Crippen LogP contribution < -0.4 is 15.0 Å². The van der Waals surface area contributed by atoms with Gasteiger partial charge in [0.2, 0.25) is 5.91 Å². The molecular formula is C22H26N4O3. The van der Waals surface area contributed by atoms with E-state index < -0.39 is 0 Å². The number of benzene rings is 1. The second kappa shape index (κ2) is 8.94. The van der Waals surface area contributed by atoms with Gasteiger partial charge < -0.3 is 19.4 Å². The molecule has 4 rings (SSSR count). The minimum atomic E-state index is -0.106. The molecule has 1 amide bonds. The number of carbonyl (C=O) groups excluding carboxylic acids is 1. The molecule has 0 radical (unpaired) electrons. The summed E-state index contributed by atoms with van der Waals surface area (Å²) in [5.74, 6) is 1.95. The molecule has 1 unspecified atom stereocenters. The van der Waals surface area contributed by atoms with E-state index in [4.69, 9.17) is 14.1 Å². The van der Waals surface area contributed by atoms with Gasteiger partial charge in [-0.15, -0.1) is 0 Å². The van der Waals surface area contributed by atoms with Crippen molar-refractivity contribution in [3.05, 3.63) is 48.4 Å². The van der Waals surface area contributed by atoms with Gasteiger partial charge in [-0.25, -0.2) is 9.97 Å². The van der Waals surface area contributed by atoms with Gasteiger partial charge in [-0.3, -0.25) is 4.79 Å². The lowest BCUT2D eigenvalue weighted by Gasteiger charge is -2.33. The van der Waals surface area contributed by atoms with Crippen molar-refractivity contribution in [3.63, 3.8) is 0 Å². The molecule has 0 aliphatic carbocycles. The first-order chi connectivity index (χ1) is 14.2. The number of aromatic nitrogens is 2. The van der Waals surface area contributed by atoms with Crippen molar-refractivity contribution in [2.75, 3.05) is 24.6 Å². The number of piperidine rings is 1. The van der Waals surface area contributed by atoms with Crippen molar-refractivity contribution in [2.45, 2.75) is 32.7 Å². The molecule has 0 saturated carbocycles. The Morgan fingerprint density at radius 3 is 2.83 bits per heavy atom. The quantitative estimate of drug-likeness (QED) is 0.660. The molecule has 0 bridgehead atoms. The van der Waals surface area contributed by atoms with Crippen molar-refractivity contribution < 1.29 is 13.9 Å². The number of furan rings is 1. The lowest BCUT2D eigenvalue weighted by Crippen LogP contribution is -2.43. The molecule has 1 aromatic carbocycles. The Kier molecular flexibility index (Phi) is 5.93. The molecule has 7 nitrogen and oxygen atoms in total. The van der Waals surface area contributed by atoms with E-state index in [1.165, 1.54) is 0 Å². The third-order valence-corrected chi connectivity index (χ3v) is 5.07. The number of fused-ring (bicyclic) bond motifs is 1. The van der Waals surface area contributed by atoms with E-state index in [1.54, 1.807) is 6.26 Å². The zero-order chi connectivity index (χ0) is 20.1. The highest BCUT2D eigenvalue weighted by molar-refractivity contribution is 5.80. The molecule has 3 aromatic rings. The third kappa shape index (κ3) is 4.50. The van der Waals surface area contributed by atoms with Crippen LogP contribution in [0.1, 0.15) is 31.9 Å². The number of nitrogens with zero attached hydrogens (tertiary/aromatic N) is 3. The molecular weight excluding hydrogens is 368 g/mol. The molecule has 1 fully saturated rings. The molecule has 1 N–H and O–H groups in total. The Labute approximate surface area is 170 Å². The summed E-state index contributed by atoms with van der Waals surface area (Å²) in [6.07, 6.45) is 4.28. The molecule has 152 valence electrons. The average molecular weight is 394 g/mol. The second-order valence-electron chi connectivity index (χ2n) is 7.27. The minimum Gasteiger partial charge on any atom is -0.475 e. The fraction of sp³-hybridized carbons (Fsp3) is 0.409. The van der Waals surface area contributed by atoms with E-state index in [2.05, 4.69) is 22.1 Å². The number of ether oxygens (including phenoxy) is 1. The summed E-state index contributed by atoms with van der Waals surface area (Å²) in [6, 6.07) is 11.5. The smallest absolute Gasteiger partial charge is 0.258 e. The van der Waals surface area contributed by atoms with Crippen LogP contribution in [0.4, 0.5) is 5.82 Å². The summed E-state index contributed by atoms with van der Waals surface area (Å²) in [6.45, 7) is 4.48. The van der Waals surface area contributed by atoms with Gasteiger partial charge in [0.05, 0.1) is 36.4 Å². The predicted octanol–water partition coefficient (Wildman–Crippen LogP) is 3.54. The summed E-state index contributed by atoms with van der Waals surface area (Å²) >= 11 is 0. The minimum absolute atomic E-state index is 0.0378. The van der Waals surface area contributed by atoms with Crippen LogP contribution in [-0.2, 0) is 11.3 Å². The van der Waals surface area contributed by atoms with Crippen molar-refractivity contribution in [2.24, 2.45) is 5.92 Å². The Balaban J connectivity index is 1.52. The molecule has 1 atom stereocenters. The van der Waals surface area contributed by atoms with Crippen molar-refractivity contribution in [1.29, 1.82) is 0 Å². The highest BCUT2D eigenvalue weighted by Crippen LogP contribution is 2.30. The third-order valence-electron chi connectivity index (χ3n) is 5.07. The number of amides is 1. The summed E-state index contributed by atoms with van der Waals surface area (Å²) in [4.78, 5) is 24.3. The molecule has 7 heteroatoms. The number of para-hydroxylation sites is 2. The Morgan fingerprint density at radius 2 is 2.07 bits per heavy atom. The highest BCUT2D eigenvalue weighted by Gasteiger charge is 2.29. The van der Waals surface area contributed by atoms with Gasteiger partial charge in [0, 0.05) is 13.1 Å². The van der Waals surface area contributed by atoms with E-state index in [-0.39, 0.29) is 11.8 Å². The van der Waals surface area contributed by atoms with E-state index in [0.29, 0.717) is 25.6 Å². The standard InChI is InChI=1S/C22H26N4O3/c1-2-12-29-22-20(24-18-9-3-4-10-19(18)25-22)26-11-5-7-16(15-26)21(27)23-14-17-8-6-13-28-17/h3-4,6,8-10,13,16H,2,5,7,11-12,14-15H2,1H3,(H,23,27). The first kappa shape index (κ1) is 19.2. The fourth-order valence-electron chi connectivity index (χ4n) is 3.59. The lowest BCUT2D eigenvalue weighted by atomic mass is 9.97. The van der Waals surface area contributed by atoms with Crippen molar-refractivity contribution >= 4 is 22.8 Å². The van der Waals surface area contributed by atoms with E-state index >= 15 is 0 Å². The SMILES string of the molecule is CCCOc1nc2ccccc2nc1N1CCCC(C(=O)NCc2ccco2)C1. The van der Waals surface area contributed by atoms with Gasteiger partial charge in [0.1, 0.15) is 5.76 Å². The Morgan fingerprint density at radius 1 is 1.24 bits per heavy atom. The van der Waals surface area contributed by atoms with Crippen molar-refractivity contribution in [3.8, 4) is 5.88 Å². The number of anilines is 1. The zero-order valence-corrected chi connectivity index (χ0v) is 16.6. The molecule has 29 heavy (non-hydrogen) atoms. The monoisotopic (exact) mass is 394 g/mol. The van der Waals surface area contributed by atoms with Gasteiger partial charge in [-0.05, 0) is 43.5 Å². The summed E-state index contributed by atoms with van der Waals surface area (Å²) in [5.41, 5.74) is 1.64. The lowest BCUT2D eigenvalue weighted by molar-refractivity contribution is -0.125. The number of hydrogen-bond acceptors (Lipinski definition) is 6. The highest BCUT2D eigenvalue weighted by atomic mass is 16.5. The Hall–Kier alpha value is -3.09. The first-order valence-electron chi connectivity index (χ1n) is 10.2. The van der Waals surface area contributed by atoms with Crippen LogP contribution >= 0.6 is 0 Å². The predicted molar refractivity (Wildman–Crippen MR) is 111 cm³/mol. The van der Waals surface area contributed by atoms with Gasteiger partial charge >= 0.3 is 0 Å². The number of carbonyl (C=O) groups is 1. The van der Waals surface area contributed by atoms with Gasteiger partial charge in [0.15, 0.2) is 5.82 Å². The van der Waals surface area contributed by atoms with E-state index in [9.17, 15) is 4.79 Å². The van der Waals surface area contributed by atoms with Crippen LogP contribution in [-0.4, -0.2) is 35.6 Å². The zero-order valence-electron chi connectivity index (χ0n) is 16.6. The number of nitrogens with one attached hydrogen (secondary N) is 1. The normalized spacial score (nSPS) is 16.7. The topological polar surface area (TPSA) is 80.5 Å². The van der Waals surface area contributed by atoms with Crippen LogP contribution in [0.2, 0.25) is 0 Å². The largest absolute Gasteiger partial charge is 0.475 e. The summed E-state index contributed by atoms with van der Waals surface area (Å²) in [7, 11) is 0. The average Bonchev–Trinajstić information content (AvgIpc) is 3.29. The van der Waals surface area contributed by atoms with Crippen LogP contribution in [0, 0.1) is 5.92 Å². The molecule has 1 aliphatic heterocycles. The van der Waals surface area contributed by atoms with Crippen LogP contribution in [0.3, 0.4) is 0 Å². The van der Waals surface area contributed by atoms with Gasteiger partial charge in [-0.1, -0.05) is 19.1 Å². The van der Waals surface area contributed by atoms with Crippen LogP contribution in [0.25, 0.3) is 11.0 Å². The first-order valence-corrected chi connectivity index (χ1v) is 10.2. The van der Waals surface area contributed by atoms with Crippen molar-refractivity contribution in [1.82, 2.24) is 15.3 Å². The number of rotatable bonds is 7. The maximum atomic E-state index is 12.7. The molecule has 1 aliphatic rings. The van der Waals surface area contributed by atoms with E-state index in [1.807, 2.05) is 36.4 Å². The number of hydrogen-bond donors (Lipinski definition) is 1. The molecule has 1 saturated heterocycles. The summed E-state index contributed by atoms with van der Waals surface area (Å²) < 4.78 is 11.2. The molecule has 0 spiro atoms. The van der Waals surface area contributed by atoms with Gasteiger partial charge in [-0.2, -0.15) is 0 Å². The molecule has 2 aromatic heterocycles.